The highest BCUT2D eigenvalue weighted by Gasteiger charge is 2.30. The third-order valence-corrected chi connectivity index (χ3v) is 6.41. The number of piperazine rings is 1. The van der Waals surface area contributed by atoms with Gasteiger partial charge in [-0.25, -0.2) is 4.99 Å². The molecule has 2 amide bonds. The first-order chi connectivity index (χ1) is 15.6. The second-order valence-corrected chi connectivity index (χ2v) is 8.72. The van der Waals surface area contributed by atoms with Gasteiger partial charge in [0.2, 0.25) is 5.91 Å². The Morgan fingerprint density at radius 1 is 1.06 bits per heavy atom. The van der Waals surface area contributed by atoms with Crippen molar-refractivity contribution in [2.75, 3.05) is 45.9 Å². The number of carbonyl (C=O) groups excluding carboxylic acids is 2. The van der Waals surface area contributed by atoms with Crippen LogP contribution < -0.4 is 5.32 Å². The Hall–Kier alpha value is -2.61. The zero-order valence-electron chi connectivity index (χ0n) is 19.1. The van der Waals surface area contributed by atoms with Crippen molar-refractivity contribution in [3.05, 3.63) is 35.4 Å². The summed E-state index contributed by atoms with van der Waals surface area (Å²) in [6.45, 7) is 8.67. The predicted molar refractivity (Wildman–Crippen MR) is 123 cm³/mol. The number of amides is 2. The summed E-state index contributed by atoms with van der Waals surface area (Å²) < 4.78 is 5.56. The van der Waals surface area contributed by atoms with Gasteiger partial charge in [-0.2, -0.15) is 0 Å². The van der Waals surface area contributed by atoms with Crippen LogP contribution in [0.15, 0.2) is 29.3 Å². The number of ether oxygens (including phenoxy) is 1. The van der Waals surface area contributed by atoms with Crippen molar-refractivity contribution in [1.29, 1.82) is 0 Å². The lowest BCUT2D eigenvalue weighted by atomic mass is 10.1. The van der Waals surface area contributed by atoms with E-state index in [9.17, 15) is 9.59 Å². The van der Waals surface area contributed by atoms with Crippen LogP contribution in [0.25, 0.3) is 0 Å². The molecule has 1 N–H and O–H groups in total. The van der Waals surface area contributed by atoms with Gasteiger partial charge in [0.05, 0.1) is 6.54 Å². The number of guanidine groups is 1. The molecule has 0 aromatic heterocycles. The lowest BCUT2D eigenvalue weighted by Crippen LogP contribution is -2.55. The molecule has 3 aliphatic heterocycles. The molecule has 0 aliphatic carbocycles. The van der Waals surface area contributed by atoms with Crippen molar-refractivity contribution < 1.29 is 14.3 Å². The van der Waals surface area contributed by atoms with E-state index < -0.39 is 0 Å². The number of carbonyl (C=O) groups is 2. The van der Waals surface area contributed by atoms with Crippen molar-refractivity contribution in [2.45, 2.75) is 51.8 Å². The number of nitrogens with zero attached hydrogens (tertiary/aromatic N) is 4. The molecule has 3 aliphatic rings. The van der Waals surface area contributed by atoms with E-state index in [0.29, 0.717) is 39.2 Å². The minimum absolute atomic E-state index is 0.139. The molecule has 0 bridgehead atoms. The SMILES string of the molecule is CCNC(=NCc1ccc(CN2CCCC2=O)cc1)N1CCN(C(=O)C2CCCO2)CC1. The second kappa shape index (κ2) is 10.8. The molecular weight excluding hydrogens is 406 g/mol. The van der Waals surface area contributed by atoms with E-state index in [1.807, 2.05) is 9.80 Å². The highest BCUT2D eigenvalue weighted by Crippen LogP contribution is 2.17. The lowest BCUT2D eigenvalue weighted by Gasteiger charge is -2.37. The molecule has 1 atom stereocenters. The highest BCUT2D eigenvalue weighted by molar-refractivity contribution is 5.83. The molecule has 0 spiro atoms. The van der Waals surface area contributed by atoms with Crippen molar-refractivity contribution in [1.82, 2.24) is 20.0 Å². The van der Waals surface area contributed by atoms with Crippen molar-refractivity contribution in [3.8, 4) is 0 Å². The summed E-state index contributed by atoms with van der Waals surface area (Å²) in [5.74, 6) is 1.29. The van der Waals surface area contributed by atoms with Gasteiger partial charge in [-0.05, 0) is 37.3 Å². The van der Waals surface area contributed by atoms with Gasteiger partial charge in [-0.15, -0.1) is 0 Å². The average molecular weight is 442 g/mol. The van der Waals surface area contributed by atoms with Gasteiger partial charge in [-0.3, -0.25) is 9.59 Å². The third kappa shape index (κ3) is 5.59. The summed E-state index contributed by atoms with van der Waals surface area (Å²) in [4.78, 5) is 35.3. The first-order valence-electron chi connectivity index (χ1n) is 11.9. The summed E-state index contributed by atoms with van der Waals surface area (Å²) in [5, 5.41) is 3.39. The first kappa shape index (κ1) is 22.6. The number of aliphatic imine (C=N–C) groups is 1. The predicted octanol–water partition coefficient (Wildman–Crippen LogP) is 1.60. The van der Waals surface area contributed by atoms with E-state index in [2.05, 4.69) is 41.4 Å². The molecule has 32 heavy (non-hydrogen) atoms. The van der Waals surface area contributed by atoms with Gasteiger partial charge in [0, 0.05) is 58.8 Å². The Kier molecular flexibility index (Phi) is 7.63. The second-order valence-electron chi connectivity index (χ2n) is 8.72. The molecule has 8 heteroatoms. The normalized spacial score (nSPS) is 22.0. The molecule has 174 valence electrons. The van der Waals surface area contributed by atoms with Crippen molar-refractivity contribution in [2.24, 2.45) is 4.99 Å². The van der Waals surface area contributed by atoms with E-state index >= 15 is 0 Å². The number of rotatable bonds is 6. The smallest absolute Gasteiger partial charge is 0.251 e. The molecule has 0 radical (unpaired) electrons. The zero-order valence-corrected chi connectivity index (χ0v) is 19.1. The maximum atomic E-state index is 12.6. The summed E-state index contributed by atoms with van der Waals surface area (Å²) in [6, 6.07) is 8.39. The van der Waals surface area contributed by atoms with Crippen LogP contribution in [-0.2, 0) is 27.4 Å². The highest BCUT2D eigenvalue weighted by atomic mass is 16.5. The van der Waals surface area contributed by atoms with E-state index in [4.69, 9.17) is 9.73 Å². The first-order valence-corrected chi connectivity index (χ1v) is 11.9. The topological polar surface area (TPSA) is 77.5 Å². The van der Waals surface area contributed by atoms with Crippen LogP contribution in [0.5, 0.6) is 0 Å². The Bertz CT molecular complexity index is 811. The molecule has 1 unspecified atom stereocenters. The molecule has 4 rings (SSSR count). The van der Waals surface area contributed by atoms with Gasteiger partial charge in [0.15, 0.2) is 5.96 Å². The molecule has 1 aromatic rings. The summed E-state index contributed by atoms with van der Waals surface area (Å²) in [7, 11) is 0. The maximum Gasteiger partial charge on any atom is 0.251 e. The van der Waals surface area contributed by atoms with Crippen LogP contribution in [-0.4, -0.2) is 84.5 Å². The van der Waals surface area contributed by atoms with E-state index in [0.717, 1.165) is 62.5 Å². The maximum absolute atomic E-state index is 12.6. The fourth-order valence-corrected chi connectivity index (χ4v) is 4.55. The summed E-state index contributed by atoms with van der Waals surface area (Å²) in [5.41, 5.74) is 2.30. The van der Waals surface area contributed by atoms with E-state index in [1.54, 1.807) is 0 Å². The number of nitrogens with one attached hydrogen (secondary N) is 1. The van der Waals surface area contributed by atoms with Crippen LogP contribution in [0.2, 0.25) is 0 Å². The number of hydrogen-bond donors (Lipinski definition) is 1. The van der Waals surface area contributed by atoms with Gasteiger partial charge in [-0.1, -0.05) is 24.3 Å². The minimum atomic E-state index is -0.241. The van der Waals surface area contributed by atoms with Gasteiger partial charge >= 0.3 is 0 Å². The standard InChI is InChI=1S/C24H35N5O3/c1-2-25-24(28-14-12-27(13-15-28)23(31)21-5-4-16-32-21)26-17-19-7-9-20(10-8-19)18-29-11-3-6-22(29)30/h7-10,21H,2-6,11-18H2,1H3,(H,25,26). The van der Waals surface area contributed by atoms with Crippen LogP contribution in [0.3, 0.4) is 0 Å². The Balaban J connectivity index is 1.30. The van der Waals surface area contributed by atoms with Gasteiger partial charge in [0.1, 0.15) is 6.10 Å². The fourth-order valence-electron chi connectivity index (χ4n) is 4.55. The monoisotopic (exact) mass is 441 g/mol. The lowest BCUT2D eigenvalue weighted by molar-refractivity contribution is -0.142. The Morgan fingerprint density at radius 3 is 2.41 bits per heavy atom. The average Bonchev–Trinajstić information content (AvgIpc) is 3.50. The van der Waals surface area contributed by atoms with Crippen LogP contribution >= 0.6 is 0 Å². The van der Waals surface area contributed by atoms with Crippen molar-refractivity contribution >= 4 is 17.8 Å². The number of likely N-dealkylation sites (tertiary alicyclic amines) is 1. The van der Waals surface area contributed by atoms with Gasteiger partial charge < -0.3 is 24.8 Å². The van der Waals surface area contributed by atoms with E-state index in [1.165, 1.54) is 0 Å². The van der Waals surface area contributed by atoms with Crippen molar-refractivity contribution in [3.63, 3.8) is 0 Å². The Labute approximate surface area is 190 Å². The summed E-state index contributed by atoms with van der Waals surface area (Å²) in [6.07, 6.45) is 3.23. The number of hydrogen-bond acceptors (Lipinski definition) is 4. The molecule has 3 fully saturated rings. The molecule has 1 aromatic carbocycles. The molecule has 8 nitrogen and oxygen atoms in total. The minimum Gasteiger partial charge on any atom is -0.368 e. The molecule has 3 heterocycles. The Morgan fingerprint density at radius 2 is 1.78 bits per heavy atom. The largest absolute Gasteiger partial charge is 0.368 e. The van der Waals surface area contributed by atoms with Crippen LogP contribution in [0, 0.1) is 0 Å². The van der Waals surface area contributed by atoms with E-state index in [-0.39, 0.29) is 17.9 Å². The third-order valence-electron chi connectivity index (χ3n) is 6.41. The van der Waals surface area contributed by atoms with Crippen LogP contribution in [0.1, 0.15) is 43.7 Å². The quantitative estimate of drug-likeness (QED) is 0.536. The molecule has 3 saturated heterocycles. The molecule has 0 saturated carbocycles. The van der Waals surface area contributed by atoms with Gasteiger partial charge in [0.25, 0.3) is 5.91 Å². The zero-order chi connectivity index (χ0) is 22.3. The van der Waals surface area contributed by atoms with Crippen LogP contribution in [0.4, 0.5) is 0 Å². The number of benzene rings is 1. The summed E-state index contributed by atoms with van der Waals surface area (Å²) >= 11 is 0. The molecular formula is C24H35N5O3. The fraction of sp³-hybridized carbons (Fsp3) is 0.625.